The van der Waals surface area contributed by atoms with Crippen LogP contribution in [0.15, 0.2) is 0 Å². The molecule has 2 fully saturated rings. The van der Waals surface area contributed by atoms with Gasteiger partial charge in [-0.3, -0.25) is 5.41 Å². The second-order valence-corrected chi connectivity index (χ2v) is 12.9. The zero-order chi connectivity index (χ0) is 20.6. The number of hydrogen-bond donors (Lipinski definition) is 2. The quantitative estimate of drug-likeness (QED) is 0.162. The largest absolute Gasteiger partial charge is 0.442 e. The number of nitrogens with zero attached hydrogens (tertiary/aromatic N) is 1. The highest BCUT2D eigenvalue weighted by atomic mass is 33.1. The molecule has 1 amide bonds. The summed E-state index contributed by atoms with van der Waals surface area (Å²) in [6, 6.07) is 0.292. The molecule has 0 aromatic heterocycles. The van der Waals surface area contributed by atoms with Gasteiger partial charge in [0, 0.05) is 29.5 Å². The van der Waals surface area contributed by atoms with Crippen LogP contribution in [0.25, 0.3) is 0 Å². The van der Waals surface area contributed by atoms with E-state index in [4.69, 9.17) is 31.0 Å². The van der Waals surface area contributed by atoms with E-state index >= 15 is 0 Å². The summed E-state index contributed by atoms with van der Waals surface area (Å²) in [4.78, 5) is 11.2. The van der Waals surface area contributed by atoms with E-state index in [9.17, 15) is 4.79 Å². The molecule has 0 aromatic carbocycles. The average molecular weight is 470 g/mol. The number of ether oxygens (including phenoxy) is 1. The van der Waals surface area contributed by atoms with Crippen LogP contribution in [0.5, 0.6) is 0 Å². The van der Waals surface area contributed by atoms with E-state index in [1.165, 1.54) is 48.1 Å². The Bertz CT molecular complexity index is 572. The van der Waals surface area contributed by atoms with Gasteiger partial charge < -0.3 is 19.1 Å². The van der Waals surface area contributed by atoms with Crippen LogP contribution in [0, 0.1) is 10.8 Å². The van der Waals surface area contributed by atoms with Gasteiger partial charge in [0.25, 0.3) is 6.64 Å². The van der Waals surface area contributed by atoms with Crippen molar-refractivity contribution in [3.8, 4) is 0 Å². The fraction of sp³-hybridized carbons (Fsp3) is 0.882. The van der Waals surface area contributed by atoms with E-state index in [1.54, 1.807) is 0 Å². The Morgan fingerprint density at radius 1 is 1.29 bits per heavy atom. The minimum atomic E-state index is -2.61. The molecule has 28 heavy (non-hydrogen) atoms. The second kappa shape index (κ2) is 11.5. The summed E-state index contributed by atoms with van der Waals surface area (Å²) in [5.74, 6) is 0. The van der Waals surface area contributed by atoms with E-state index in [0.29, 0.717) is 19.3 Å². The van der Waals surface area contributed by atoms with Gasteiger partial charge in [-0.25, -0.2) is 4.79 Å². The maximum Gasteiger partial charge on any atom is 0.407 e. The third kappa shape index (κ3) is 6.59. The molecule has 0 bridgehead atoms. The minimum absolute atomic E-state index is 0.0480. The maximum atomic E-state index is 11.2. The fourth-order valence-corrected chi connectivity index (χ4v) is 9.72. The molecule has 1 saturated heterocycles. The van der Waals surface area contributed by atoms with Crippen molar-refractivity contribution in [1.29, 1.82) is 5.41 Å². The smallest absolute Gasteiger partial charge is 0.407 e. The van der Waals surface area contributed by atoms with E-state index in [-0.39, 0.29) is 17.1 Å². The summed E-state index contributed by atoms with van der Waals surface area (Å²) in [6.45, 7) is 2.93. The zero-order valence-corrected chi connectivity index (χ0v) is 20.2. The number of amides is 1. The van der Waals surface area contributed by atoms with Gasteiger partial charge in [0.15, 0.2) is 0 Å². The van der Waals surface area contributed by atoms with Crippen molar-refractivity contribution in [2.75, 3.05) is 26.9 Å². The van der Waals surface area contributed by atoms with Crippen molar-refractivity contribution < 1.29 is 18.6 Å². The first-order chi connectivity index (χ1) is 13.4. The molecule has 2 aliphatic rings. The summed E-state index contributed by atoms with van der Waals surface area (Å²) in [5, 5.41) is 10.7. The molecule has 0 radical (unpaired) electrons. The fourth-order valence-electron chi connectivity index (χ4n) is 3.20. The molecular weight excluding hydrogens is 437 g/mol. The lowest BCUT2D eigenvalue weighted by Crippen LogP contribution is -2.39. The van der Waals surface area contributed by atoms with Crippen LogP contribution < -0.4 is 5.32 Å². The van der Waals surface area contributed by atoms with Gasteiger partial charge in [-0.05, 0) is 48.3 Å². The Morgan fingerprint density at radius 3 is 2.43 bits per heavy atom. The normalized spacial score (nSPS) is 22.0. The van der Waals surface area contributed by atoms with Crippen LogP contribution in [0.4, 0.5) is 4.79 Å². The van der Waals surface area contributed by atoms with Crippen LogP contribution in [-0.2, 0) is 25.6 Å². The molecule has 2 N–H and O–H groups in total. The molecule has 1 aliphatic heterocycles. The SMILES string of the molecule is CCC1(CC)COP(=S)(N(SSC(=N)COC(=O)NC)C2CCCCC2)OC1. The molecule has 0 spiro atoms. The van der Waals surface area contributed by atoms with Crippen molar-refractivity contribution in [3.63, 3.8) is 0 Å². The Labute approximate surface area is 181 Å². The van der Waals surface area contributed by atoms with Crippen molar-refractivity contribution in [1.82, 2.24) is 9.39 Å². The molecule has 0 unspecified atom stereocenters. The molecule has 1 saturated carbocycles. The summed E-state index contributed by atoms with van der Waals surface area (Å²) in [7, 11) is 4.18. The topological polar surface area (TPSA) is 83.9 Å². The summed E-state index contributed by atoms with van der Waals surface area (Å²) in [6.07, 6.45) is 7.19. The molecular formula is C17H32N3O4PS3. The molecule has 2 rings (SSSR count). The van der Waals surface area contributed by atoms with E-state index in [0.717, 1.165) is 25.7 Å². The molecule has 0 atom stereocenters. The van der Waals surface area contributed by atoms with Crippen LogP contribution in [0.1, 0.15) is 58.8 Å². The number of rotatable bonds is 8. The predicted molar refractivity (Wildman–Crippen MR) is 121 cm³/mol. The van der Waals surface area contributed by atoms with Crippen LogP contribution >= 0.6 is 28.4 Å². The Hall–Kier alpha value is 0.170. The van der Waals surface area contributed by atoms with Crippen LogP contribution in [-0.4, -0.2) is 48.1 Å². The van der Waals surface area contributed by atoms with Crippen molar-refractivity contribution in [3.05, 3.63) is 0 Å². The summed E-state index contributed by atoms with van der Waals surface area (Å²) < 4.78 is 19.6. The van der Waals surface area contributed by atoms with Crippen LogP contribution in [0.2, 0.25) is 0 Å². The molecule has 1 heterocycles. The summed E-state index contributed by atoms with van der Waals surface area (Å²) >= 11 is 5.92. The Morgan fingerprint density at radius 2 is 1.89 bits per heavy atom. The van der Waals surface area contributed by atoms with E-state index in [1.807, 2.05) is 0 Å². The van der Waals surface area contributed by atoms with E-state index in [2.05, 4.69) is 23.2 Å². The molecule has 162 valence electrons. The minimum Gasteiger partial charge on any atom is -0.442 e. The number of carbonyl (C=O) groups is 1. The molecule has 0 aromatic rings. The van der Waals surface area contributed by atoms with Crippen molar-refractivity contribution in [2.24, 2.45) is 5.41 Å². The lowest BCUT2D eigenvalue weighted by molar-refractivity contribution is 0.0165. The van der Waals surface area contributed by atoms with Gasteiger partial charge >= 0.3 is 6.09 Å². The third-order valence-corrected chi connectivity index (χ3v) is 12.0. The number of carbonyl (C=O) groups excluding carboxylic acids is 1. The Balaban J connectivity index is 2.02. The molecule has 7 nitrogen and oxygen atoms in total. The standard InChI is InChI=1S/C17H32N3O4PS3/c1-4-17(5-2)12-23-25(26,24-13-17)20(14-9-7-6-8-10-14)28-27-15(18)11-22-16(21)19-3/h14,18H,4-13H2,1-3H3,(H,19,21). The van der Waals surface area contributed by atoms with Gasteiger partial charge in [0.05, 0.1) is 13.2 Å². The van der Waals surface area contributed by atoms with Crippen molar-refractivity contribution in [2.45, 2.75) is 64.8 Å². The first-order valence-corrected chi connectivity index (χ1v) is 14.5. The van der Waals surface area contributed by atoms with Gasteiger partial charge in [0.1, 0.15) is 11.7 Å². The molecule has 11 heteroatoms. The number of alkyl carbamates (subject to hydrolysis) is 1. The van der Waals surface area contributed by atoms with E-state index < -0.39 is 12.7 Å². The third-order valence-electron chi connectivity index (χ3n) is 5.45. The highest BCUT2D eigenvalue weighted by Gasteiger charge is 2.44. The van der Waals surface area contributed by atoms with Crippen LogP contribution in [0.3, 0.4) is 0 Å². The first-order valence-electron chi connectivity index (χ1n) is 9.83. The monoisotopic (exact) mass is 469 g/mol. The average Bonchev–Trinajstić information content (AvgIpc) is 2.73. The Kier molecular flexibility index (Phi) is 10.1. The lowest BCUT2D eigenvalue weighted by Gasteiger charge is -2.45. The zero-order valence-electron chi connectivity index (χ0n) is 16.9. The second-order valence-electron chi connectivity index (χ2n) is 7.22. The summed E-state index contributed by atoms with van der Waals surface area (Å²) in [5.41, 5.74) is 0.0480. The van der Waals surface area contributed by atoms with Gasteiger partial charge in [-0.15, -0.1) is 0 Å². The van der Waals surface area contributed by atoms with Crippen molar-refractivity contribution >= 4 is 51.4 Å². The lowest BCUT2D eigenvalue weighted by atomic mass is 9.84. The highest BCUT2D eigenvalue weighted by molar-refractivity contribution is 8.82. The van der Waals surface area contributed by atoms with Gasteiger partial charge in [-0.2, -0.15) is 4.08 Å². The predicted octanol–water partition coefficient (Wildman–Crippen LogP) is 5.33. The highest BCUT2D eigenvalue weighted by Crippen LogP contribution is 2.64. The first kappa shape index (κ1) is 24.4. The number of nitrogens with one attached hydrogen (secondary N) is 2. The van der Waals surface area contributed by atoms with Gasteiger partial charge in [-0.1, -0.05) is 33.1 Å². The number of hydrogen-bond acceptors (Lipinski definition) is 8. The maximum absolute atomic E-state index is 11.2. The molecule has 1 aliphatic carbocycles. The van der Waals surface area contributed by atoms with Gasteiger partial charge in [0.2, 0.25) is 0 Å².